The van der Waals surface area contributed by atoms with Crippen LogP contribution in [0.15, 0.2) is 84.9 Å². The van der Waals surface area contributed by atoms with Crippen LogP contribution in [0.4, 0.5) is 21.0 Å². The molecule has 6 rings (SSSR count). The van der Waals surface area contributed by atoms with E-state index in [-0.39, 0.29) is 24.1 Å². The third-order valence-corrected chi connectivity index (χ3v) is 7.59. The van der Waals surface area contributed by atoms with Crippen molar-refractivity contribution in [2.24, 2.45) is 0 Å². The second-order valence-corrected chi connectivity index (χ2v) is 9.71. The van der Waals surface area contributed by atoms with Crippen LogP contribution in [0.3, 0.4) is 0 Å². The van der Waals surface area contributed by atoms with Crippen molar-refractivity contribution in [2.45, 2.75) is 37.9 Å². The van der Waals surface area contributed by atoms with Gasteiger partial charge in [-0.1, -0.05) is 60.7 Å². The fourth-order valence-corrected chi connectivity index (χ4v) is 5.86. The van der Waals surface area contributed by atoms with E-state index in [4.69, 9.17) is 0 Å². The lowest BCUT2D eigenvalue weighted by atomic mass is 10.00. The first kappa shape index (κ1) is 21.7. The minimum Gasteiger partial charge on any atom is -0.320 e. The van der Waals surface area contributed by atoms with Gasteiger partial charge in [-0.15, -0.1) is 0 Å². The van der Waals surface area contributed by atoms with E-state index in [0.717, 1.165) is 37.2 Å². The number of carbonyl (C=O) groups excluding carboxylic acids is 2. The van der Waals surface area contributed by atoms with Crippen molar-refractivity contribution < 1.29 is 9.59 Å². The standard InChI is InChI=1S/C29H30N4O2/c34-28(30-18-17-22-9-7-8-10-23(22)19-30)33-26-15-16-27(33)21-31(20-26)29(35)32(24-11-3-1-4-12-24)25-13-5-2-6-14-25/h1-14,26-27H,15-21H2/t26-,27+. The molecule has 2 atom stereocenters. The number of carbonyl (C=O) groups is 2. The topological polar surface area (TPSA) is 47.1 Å². The lowest BCUT2D eigenvalue weighted by Crippen LogP contribution is -2.61. The van der Waals surface area contributed by atoms with Gasteiger partial charge in [-0.3, -0.25) is 4.90 Å². The molecule has 0 spiro atoms. The van der Waals surface area contributed by atoms with Crippen LogP contribution >= 0.6 is 0 Å². The molecule has 2 saturated heterocycles. The van der Waals surface area contributed by atoms with Crippen molar-refractivity contribution >= 4 is 23.4 Å². The summed E-state index contributed by atoms with van der Waals surface area (Å²) in [6.45, 7) is 2.57. The predicted molar refractivity (Wildman–Crippen MR) is 137 cm³/mol. The van der Waals surface area contributed by atoms with E-state index in [1.807, 2.05) is 76.5 Å². The van der Waals surface area contributed by atoms with E-state index >= 15 is 0 Å². The van der Waals surface area contributed by atoms with Crippen LogP contribution in [0.25, 0.3) is 0 Å². The van der Waals surface area contributed by atoms with Crippen LogP contribution in [-0.4, -0.2) is 58.5 Å². The van der Waals surface area contributed by atoms with Crippen molar-refractivity contribution in [3.8, 4) is 0 Å². The molecule has 3 aliphatic heterocycles. The summed E-state index contributed by atoms with van der Waals surface area (Å²) in [5.74, 6) is 0. The second-order valence-electron chi connectivity index (χ2n) is 9.71. The van der Waals surface area contributed by atoms with E-state index in [1.165, 1.54) is 11.1 Å². The first-order valence-corrected chi connectivity index (χ1v) is 12.5. The summed E-state index contributed by atoms with van der Waals surface area (Å²) >= 11 is 0. The average molecular weight is 467 g/mol. The van der Waals surface area contributed by atoms with E-state index in [0.29, 0.717) is 19.6 Å². The first-order valence-electron chi connectivity index (χ1n) is 12.5. The molecule has 0 saturated carbocycles. The molecule has 3 heterocycles. The highest BCUT2D eigenvalue weighted by atomic mass is 16.2. The average Bonchev–Trinajstić information content (AvgIpc) is 3.18. The van der Waals surface area contributed by atoms with E-state index in [9.17, 15) is 9.59 Å². The van der Waals surface area contributed by atoms with Gasteiger partial charge in [0.05, 0.1) is 23.5 Å². The third kappa shape index (κ3) is 4.03. The molecule has 3 aromatic carbocycles. The Morgan fingerprint density at radius 1 is 0.686 bits per heavy atom. The Bertz CT molecular complexity index is 1160. The van der Waals surface area contributed by atoms with Crippen molar-refractivity contribution in [1.29, 1.82) is 0 Å². The fourth-order valence-electron chi connectivity index (χ4n) is 5.86. The number of hydrogen-bond donors (Lipinski definition) is 0. The van der Waals surface area contributed by atoms with Gasteiger partial charge in [0.1, 0.15) is 0 Å². The van der Waals surface area contributed by atoms with Gasteiger partial charge >= 0.3 is 12.1 Å². The summed E-state index contributed by atoms with van der Waals surface area (Å²) in [5, 5.41) is 0. The SMILES string of the molecule is O=C(N1C[C@H]2CC[C@@H](C1)N2C(=O)N1CCc2ccccc2C1)N(c1ccccc1)c1ccccc1. The van der Waals surface area contributed by atoms with Gasteiger partial charge in [-0.05, 0) is 54.7 Å². The number of rotatable bonds is 2. The zero-order valence-electron chi connectivity index (χ0n) is 19.8. The molecule has 35 heavy (non-hydrogen) atoms. The minimum atomic E-state index is -0.0294. The Kier molecular flexibility index (Phi) is 5.64. The first-order chi connectivity index (χ1) is 17.2. The number of likely N-dealkylation sites (tertiary alicyclic amines) is 1. The smallest absolute Gasteiger partial charge is 0.320 e. The molecule has 3 aromatic rings. The summed E-state index contributed by atoms with van der Waals surface area (Å²) in [4.78, 5) is 35.3. The van der Waals surface area contributed by atoms with Gasteiger partial charge in [0.2, 0.25) is 0 Å². The number of urea groups is 2. The Morgan fingerprint density at radius 2 is 1.23 bits per heavy atom. The molecule has 3 aliphatic rings. The number of para-hydroxylation sites is 2. The quantitative estimate of drug-likeness (QED) is 0.516. The number of amides is 4. The van der Waals surface area contributed by atoms with Crippen molar-refractivity contribution in [1.82, 2.24) is 14.7 Å². The van der Waals surface area contributed by atoms with Crippen LogP contribution in [0.5, 0.6) is 0 Å². The highest BCUT2D eigenvalue weighted by Gasteiger charge is 2.46. The number of hydrogen-bond acceptors (Lipinski definition) is 2. The number of benzene rings is 3. The number of nitrogens with zero attached hydrogens (tertiary/aromatic N) is 4. The zero-order valence-corrected chi connectivity index (χ0v) is 19.8. The maximum atomic E-state index is 13.9. The van der Waals surface area contributed by atoms with Crippen LogP contribution < -0.4 is 4.90 Å². The molecule has 0 N–H and O–H groups in total. The molecule has 178 valence electrons. The molecule has 2 fully saturated rings. The monoisotopic (exact) mass is 466 g/mol. The molecular formula is C29H30N4O2. The predicted octanol–water partition coefficient (Wildman–Crippen LogP) is 5.27. The van der Waals surface area contributed by atoms with E-state index in [2.05, 4.69) is 23.1 Å². The van der Waals surface area contributed by atoms with E-state index < -0.39 is 0 Å². The molecule has 6 nitrogen and oxygen atoms in total. The molecule has 4 amide bonds. The summed E-state index contributed by atoms with van der Waals surface area (Å²) in [7, 11) is 0. The summed E-state index contributed by atoms with van der Waals surface area (Å²) < 4.78 is 0. The Balaban J connectivity index is 1.20. The minimum absolute atomic E-state index is 0.0294. The van der Waals surface area contributed by atoms with Gasteiger partial charge in [-0.25, -0.2) is 9.59 Å². The van der Waals surface area contributed by atoms with Crippen LogP contribution in [0, 0.1) is 0 Å². The van der Waals surface area contributed by atoms with Crippen LogP contribution in [0.2, 0.25) is 0 Å². The lowest BCUT2D eigenvalue weighted by molar-refractivity contribution is 0.0795. The maximum absolute atomic E-state index is 13.9. The van der Waals surface area contributed by atoms with Crippen molar-refractivity contribution in [2.75, 3.05) is 24.5 Å². The Morgan fingerprint density at radius 3 is 1.83 bits per heavy atom. The highest BCUT2D eigenvalue weighted by molar-refractivity contribution is 5.99. The normalized spacial score (nSPS) is 21.0. The third-order valence-electron chi connectivity index (χ3n) is 7.59. The van der Waals surface area contributed by atoms with E-state index in [1.54, 1.807) is 4.90 Å². The highest BCUT2D eigenvalue weighted by Crippen LogP contribution is 2.34. The molecule has 0 unspecified atom stereocenters. The van der Waals surface area contributed by atoms with Gasteiger partial charge in [0, 0.05) is 26.2 Å². The second kappa shape index (κ2) is 9.10. The number of anilines is 2. The largest absolute Gasteiger partial charge is 0.329 e. The van der Waals surface area contributed by atoms with Crippen molar-refractivity contribution in [3.05, 3.63) is 96.1 Å². The summed E-state index contributed by atoms with van der Waals surface area (Å²) in [6.07, 6.45) is 2.79. The summed E-state index contributed by atoms with van der Waals surface area (Å²) in [5.41, 5.74) is 4.29. The molecule has 0 aromatic heterocycles. The molecular weight excluding hydrogens is 436 g/mol. The van der Waals surface area contributed by atoms with Gasteiger partial charge in [0.25, 0.3) is 0 Å². The molecule has 0 aliphatic carbocycles. The van der Waals surface area contributed by atoms with Gasteiger partial charge in [-0.2, -0.15) is 0 Å². The molecule has 6 heteroatoms. The van der Waals surface area contributed by atoms with Crippen LogP contribution in [0.1, 0.15) is 24.0 Å². The number of fused-ring (bicyclic) bond motifs is 3. The number of piperazine rings is 1. The summed E-state index contributed by atoms with van der Waals surface area (Å²) in [6, 6.07) is 28.2. The maximum Gasteiger partial charge on any atom is 0.329 e. The molecule has 2 bridgehead atoms. The van der Waals surface area contributed by atoms with Gasteiger partial charge < -0.3 is 14.7 Å². The Hall–Kier alpha value is -3.80. The Labute approximate surface area is 206 Å². The van der Waals surface area contributed by atoms with Crippen LogP contribution in [-0.2, 0) is 13.0 Å². The molecule has 0 radical (unpaired) electrons. The fraction of sp³-hybridized carbons (Fsp3) is 0.310. The van der Waals surface area contributed by atoms with Crippen molar-refractivity contribution in [3.63, 3.8) is 0 Å². The lowest BCUT2D eigenvalue weighted by Gasteiger charge is -2.44. The van der Waals surface area contributed by atoms with Gasteiger partial charge in [0.15, 0.2) is 0 Å². The zero-order chi connectivity index (χ0) is 23.8.